The van der Waals surface area contributed by atoms with Crippen LogP contribution in [0.25, 0.3) is 0 Å². The Hall–Kier alpha value is -2.34. The Bertz CT molecular complexity index is 918. The lowest BCUT2D eigenvalue weighted by Crippen LogP contribution is -2.50. The van der Waals surface area contributed by atoms with E-state index in [1.54, 1.807) is 0 Å². The van der Waals surface area contributed by atoms with E-state index >= 15 is 0 Å². The quantitative estimate of drug-likeness (QED) is 0.559. The molecular weight excluding hydrogens is 425 g/mol. The molecule has 0 spiro atoms. The number of fused-ring (bicyclic) bond motifs is 2. The summed E-state index contributed by atoms with van der Waals surface area (Å²) in [4.78, 5) is 16.1. The Morgan fingerprint density at radius 1 is 1.00 bits per heavy atom. The standard InChI is InChI=1S/C27H33F3N2O/c1-20-12-16-32(17-13-20)15-7-6-14-26(25(33)31-19-27(28,29)30)23-10-4-2-8-21(23)18-22-9-3-5-11-24(22)26/h2-5,8-11,20H,6-7,12-19H2,1H3,(H,31,33). The Morgan fingerprint density at radius 3 is 2.15 bits per heavy atom. The van der Waals surface area contributed by atoms with Gasteiger partial charge in [0.25, 0.3) is 0 Å². The van der Waals surface area contributed by atoms with Crippen LogP contribution in [0.4, 0.5) is 13.2 Å². The molecule has 1 fully saturated rings. The highest BCUT2D eigenvalue weighted by Gasteiger charge is 2.47. The number of carbonyl (C=O) groups excluding carboxylic acids is 1. The Morgan fingerprint density at radius 2 is 1.58 bits per heavy atom. The van der Waals surface area contributed by atoms with Crippen molar-refractivity contribution in [1.29, 1.82) is 0 Å². The lowest BCUT2D eigenvalue weighted by atomic mass is 9.63. The predicted molar refractivity (Wildman–Crippen MR) is 124 cm³/mol. The molecule has 1 amide bonds. The molecule has 1 aliphatic heterocycles. The van der Waals surface area contributed by atoms with E-state index in [0.717, 1.165) is 60.6 Å². The zero-order valence-electron chi connectivity index (χ0n) is 19.3. The summed E-state index contributed by atoms with van der Waals surface area (Å²) in [6.45, 7) is 4.15. The van der Waals surface area contributed by atoms with Crippen molar-refractivity contribution in [2.75, 3.05) is 26.2 Å². The van der Waals surface area contributed by atoms with E-state index in [0.29, 0.717) is 12.8 Å². The van der Waals surface area contributed by atoms with Crippen LogP contribution in [0.5, 0.6) is 0 Å². The van der Waals surface area contributed by atoms with Crippen molar-refractivity contribution in [2.24, 2.45) is 5.92 Å². The van der Waals surface area contributed by atoms with Gasteiger partial charge in [0, 0.05) is 0 Å². The minimum Gasteiger partial charge on any atom is -0.346 e. The average Bonchev–Trinajstić information content (AvgIpc) is 2.80. The predicted octanol–water partition coefficient (Wildman–Crippen LogP) is 5.46. The van der Waals surface area contributed by atoms with Crippen molar-refractivity contribution >= 4 is 5.91 Å². The number of likely N-dealkylation sites (tertiary alicyclic amines) is 1. The Balaban J connectivity index is 1.61. The number of nitrogens with one attached hydrogen (secondary N) is 1. The third-order valence-electron chi connectivity index (χ3n) is 7.32. The summed E-state index contributed by atoms with van der Waals surface area (Å²) in [5.41, 5.74) is 2.62. The highest BCUT2D eigenvalue weighted by Crippen LogP contribution is 2.45. The Labute approximate surface area is 194 Å². The topological polar surface area (TPSA) is 32.3 Å². The molecule has 2 aromatic carbocycles. The highest BCUT2D eigenvalue weighted by molar-refractivity contribution is 5.93. The molecule has 0 radical (unpaired) electrons. The van der Waals surface area contributed by atoms with Gasteiger partial charge in [-0.15, -0.1) is 0 Å². The van der Waals surface area contributed by atoms with Gasteiger partial charge >= 0.3 is 6.18 Å². The highest BCUT2D eigenvalue weighted by atomic mass is 19.4. The molecule has 0 saturated carbocycles. The molecule has 33 heavy (non-hydrogen) atoms. The summed E-state index contributed by atoms with van der Waals surface area (Å²) in [7, 11) is 0. The molecule has 1 N–H and O–H groups in total. The minimum atomic E-state index is -4.45. The number of hydrogen-bond acceptors (Lipinski definition) is 2. The van der Waals surface area contributed by atoms with E-state index in [1.165, 1.54) is 12.8 Å². The first kappa shape index (κ1) is 23.8. The maximum absolute atomic E-state index is 13.6. The molecule has 1 aliphatic carbocycles. The van der Waals surface area contributed by atoms with Crippen LogP contribution in [-0.2, 0) is 16.6 Å². The molecule has 1 heterocycles. The fraction of sp³-hybridized carbons (Fsp3) is 0.519. The summed E-state index contributed by atoms with van der Waals surface area (Å²) < 4.78 is 39.1. The normalized spacial score (nSPS) is 18.4. The van der Waals surface area contributed by atoms with Crippen LogP contribution in [0.3, 0.4) is 0 Å². The smallest absolute Gasteiger partial charge is 0.346 e. The molecule has 0 bridgehead atoms. The first-order valence-electron chi connectivity index (χ1n) is 12.0. The van der Waals surface area contributed by atoms with E-state index in [9.17, 15) is 18.0 Å². The van der Waals surface area contributed by atoms with Crippen molar-refractivity contribution in [3.05, 3.63) is 70.8 Å². The molecule has 178 valence electrons. The van der Waals surface area contributed by atoms with Gasteiger partial charge in [-0.3, -0.25) is 4.79 Å². The molecule has 2 aliphatic rings. The summed E-state index contributed by atoms with van der Waals surface area (Å²) in [6, 6.07) is 15.5. The lowest BCUT2D eigenvalue weighted by molar-refractivity contribution is -0.141. The molecule has 2 aromatic rings. The maximum Gasteiger partial charge on any atom is 0.405 e. The minimum absolute atomic E-state index is 0.495. The summed E-state index contributed by atoms with van der Waals surface area (Å²) in [6.07, 6.45) is 0.855. The van der Waals surface area contributed by atoms with Crippen molar-refractivity contribution in [3.8, 4) is 0 Å². The number of hydrogen-bond donors (Lipinski definition) is 1. The maximum atomic E-state index is 13.6. The number of piperidine rings is 1. The number of halogens is 3. The fourth-order valence-corrected chi connectivity index (χ4v) is 5.50. The van der Waals surface area contributed by atoms with Crippen LogP contribution in [0.1, 0.15) is 61.3 Å². The van der Waals surface area contributed by atoms with Crippen molar-refractivity contribution in [2.45, 2.75) is 57.0 Å². The molecule has 6 heteroatoms. The first-order valence-corrected chi connectivity index (χ1v) is 12.0. The number of nitrogens with zero attached hydrogens (tertiary/aromatic N) is 1. The van der Waals surface area contributed by atoms with Gasteiger partial charge < -0.3 is 10.2 Å². The molecule has 0 aromatic heterocycles. The van der Waals surface area contributed by atoms with Gasteiger partial charge in [0.15, 0.2) is 0 Å². The van der Waals surface area contributed by atoms with Crippen LogP contribution in [0.15, 0.2) is 48.5 Å². The molecule has 3 nitrogen and oxygen atoms in total. The van der Waals surface area contributed by atoms with Crippen LogP contribution in [0.2, 0.25) is 0 Å². The van der Waals surface area contributed by atoms with E-state index in [4.69, 9.17) is 0 Å². The zero-order valence-corrected chi connectivity index (χ0v) is 19.3. The zero-order chi connectivity index (χ0) is 23.5. The summed E-state index contributed by atoms with van der Waals surface area (Å²) in [5.74, 6) is 0.225. The van der Waals surface area contributed by atoms with Gasteiger partial charge in [-0.2, -0.15) is 13.2 Å². The van der Waals surface area contributed by atoms with E-state index in [2.05, 4.69) is 17.1 Å². The Kier molecular flexibility index (Phi) is 7.13. The van der Waals surface area contributed by atoms with Gasteiger partial charge in [-0.25, -0.2) is 0 Å². The number of benzene rings is 2. The average molecular weight is 459 g/mol. The molecular formula is C27H33F3N2O. The van der Waals surface area contributed by atoms with Crippen molar-refractivity contribution in [1.82, 2.24) is 10.2 Å². The summed E-state index contributed by atoms with van der Waals surface area (Å²) >= 11 is 0. The second-order valence-corrected chi connectivity index (χ2v) is 9.68. The SMILES string of the molecule is CC1CCN(CCCCC2(C(=O)NCC(F)(F)F)c3ccccc3Cc3ccccc32)CC1. The van der Waals surface area contributed by atoms with E-state index in [-0.39, 0.29) is 0 Å². The van der Waals surface area contributed by atoms with E-state index < -0.39 is 24.0 Å². The number of alkyl halides is 3. The monoisotopic (exact) mass is 458 g/mol. The second-order valence-electron chi connectivity index (χ2n) is 9.68. The van der Waals surface area contributed by atoms with Crippen LogP contribution in [0, 0.1) is 5.92 Å². The number of amides is 1. The van der Waals surface area contributed by atoms with Crippen LogP contribution in [-0.4, -0.2) is 43.2 Å². The van der Waals surface area contributed by atoms with Crippen LogP contribution >= 0.6 is 0 Å². The van der Waals surface area contributed by atoms with Gasteiger partial charge in [0.2, 0.25) is 5.91 Å². The lowest BCUT2D eigenvalue weighted by Gasteiger charge is -2.40. The third-order valence-corrected chi connectivity index (χ3v) is 7.32. The van der Waals surface area contributed by atoms with Crippen molar-refractivity contribution < 1.29 is 18.0 Å². The van der Waals surface area contributed by atoms with Gasteiger partial charge in [0.05, 0.1) is 5.41 Å². The fourth-order valence-electron chi connectivity index (χ4n) is 5.50. The summed E-state index contributed by atoms with van der Waals surface area (Å²) in [5, 5.41) is 2.24. The number of rotatable bonds is 7. The molecule has 4 rings (SSSR count). The molecule has 0 atom stereocenters. The van der Waals surface area contributed by atoms with Gasteiger partial charge in [-0.05, 0) is 79.9 Å². The van der Waals surface area contributed by atoms with E-state index in [1.807, 2.05) is 48.5 Å². The first-order chi connectivity index (χ1) is 15.8. The van der Waals surface area contributed by atoms with Crippen molar-refractivity contribution in [3.63, 3.8) is 0 Å². The third kappa shape index (κ3) is 5.26. The largest absolute Gasteiger partial charge is 0.405 e. The second kappa shape index (κ2) is 9.88. The van der Waals surface area contributed by atoms with Gasteiger partial charge in [0.1, 0.15) is 6.54 Å². The van der Waals surface area contributed by atoms with Crippen LogP contribution < -0.4 is 5.32 Å². The number of unbranched alkanes of at least 4 members (excludes halogenated alkanes) is 1. The van der Waals surface area contributed by atoms with Gasteiger partial charge in [-0.1, -0.05) is 61.9 Å². The number of carbonyl (C=O) groups is 1. The molecule has 0 unspecified atom stereocenters. The molecule has 1 saturated heterocycles.